The van der Waals surface area contributed by atoms with E-state index >= 15 is 0 Å². The van der Waals surface area contributed by atoms with Gasteiger partial charge in [-0.1, -0.05) is 79.2 Å². The molecule has 0 aliphatic carbocycles. The fourth-order valence-electron chi connectivity index (χ4n) is 3.97. The summed E-state index contributed by atoms with van der Waals surface area (Å²) < 4.78 is 10.8. The van der Waals surface area contributed by atoms with Crippen LogP contribution in [-0.2, 0) is 4.79 Å². The zero-order chi connectivity index (χ0) is 33.0. The van der Waals surface area contributed by atoms with Gasteiger partial charge < -0.3 is 30.1 Å². The van der Waals surface area contributed by atoms with Gasteiger partial charge in [0.05, 0.1) is 12.4 Å². The summed E-state index contributed by atoms with van der Waals surface area (Å²) >= 11 is 4.06. The van der Waals surface area contributed by atoms with Gasteiger partial charge in [0.1, 0.15) is 18.8 Å². The van der Waals surface area contributed by atoms with Crippen molar-refractivity contribution in [2.75, 3.05) is 24.9 Å². The minimum Gasteiger partial charge on any atom is -0.508 e. The van der Waals surface area contributed by atoms with Crippen molar-refractivity contribution >= 4 is 25.1 Å². The van der Waals surface area contributed by atoms with Crippen LogP contribution in [0.1, 0.15) is 56.2 Å². The molecule has 8 heteroatoms. The number of aliphatic hydroxyl groups is 3. The number of unbranched alkanes of at least 4 members (excludes halogenated alkanes) is 2. The summed E-state index contributed by atoms with van der Waals surface area (Å²) in [6.07, 6.45) is 8.46. The molecule has 0 bridgehead atoms. The zero-order valence-corrected chi connectivity index (χ0v) is 26.8. The van der Waals surface area contributed by atoms with Crippen LogP contribution in [0.4, 0.5) is 10.1 Å². The monoisotopic (exact) mass is 615 g/mol. The van der Waals surface area contributed by atoms with E-state index in [2.05, 4.69) is 50.4 Å². The van der Waals surface area contributed by atoms with Crippen molar-refractivity contribution in [1.82, 2.24) is 0 Å². The molecule has 43 heavy (non-hydrogen) atoms. The number of aromatic hydroxyl groups is 1. The second-order valence-corrected chi connectivity index (χ2v) is 9.34. The van der Waals surface area contributed by atoms with Crippen LogP contribution in [0.3, 0.4) is 0 Å². The predicted molar refractivity (Wildman–Crippen MR) is 182 cm³/mol. The number of para-hydroxylation sites is 1. The van der Waals surface area contributed by atoms with E-state index < -0.39 is 6.23 Å². The fraction of sp³-hybridized carbons (Fsp3) is 0.343. The van der Waals surface area contributed by atoms with E-state index in [1.807, 2.05) is 73.2 Å². The van der Waals surface area contributed by atoms with E-state index in [4.69, 9.17) is 15.0 Å². The summed E-state index contributed by atoms with van der Waals surface area (Å²) in [6.45, 7) is 9.55. The Morgan fingerprint density at radius 1 is 0.953 bits per heavy atom. The van der Waals surface area contributed by atoms with Gasteiger partial charge in [0, 0.05) is 31.9 Å². The SMILES string of the molecule is C=CCCCCS.C=O.CC/C=C/F.CO.CO.Cc1ccc(-c2ccc(C3CC(O)N3c3ccccc3)c(O)c2)cc1. The number of carbonyl (C=O) groups excluding carboxylic acids is 1. The summed E-state index contributed by atoms with van der Waals surface area (Å²) in [6, 6.07) is 23.9. The number of thiol groups is 1. The van der Waals surface area contributed by atoms with Gasteiger partial charge in [-0.2, -0.15) is 12.6 Å². The molecule has 0 spiro atoms. The highest BCUT2D eigenvalue weighted by molar-refractivity contribution is 7.80. The van der Waals surface area contributed by atoms with Gasteiger partial charge in [-0.3, -0.25) is 0 Å². The molecule has 0 amide bonds. The maximum absolute atomic E-state index is 10.8. The van der Waals surface area contributed by atoms with Crippen molar-refractivity contribution in [2.24, 2.45) is 0 Å². The molecule has 2 unspecified atom stereocenters. The molecule has 1 saturated heterocycles. The van der Waals surface area contributed by atoms with Gasteiger partial charge in [-0.05, 0) is 67.7 Å². The first-order valence-electron chi connectivity index (χ1n) is 14.0. The largest absolute Gasteiger partial charge is 0.508 e. The smallest absolute Gasteiger partial charge is 0.129 e. The quantitative estimate of drug-likeness (QED) is 0.101. The highest BCUT2D eigenvalue weighted by atomic mass is 32.1. The number of phenols is 1. The molecule has 6 nitrogen and oxygen atoms in total. The molecule has 2 atom stereocenters. The Bertz CT molecular complexity index is 1110. The average Bonchev–Trinajstić information content (AvgIpc) is 3.05. The van der Waals surface area contributed by atoms with Crippen LogP contribution in [0.2, 0.25) is 0 Å². The summed E-state index contributed by atoms with van der Waals surface area (Å²) in [5, 5.41) is 34.8. The molecule has 4 N–H and O–H groups in total. The standard InChI is InChI=1S/C22H21NO2.C6H12S.C4H7F.2CH4O.CH2O/c1-15-7-9-16(10-8-15)17-11-12-19(21(24)13-17)20-14-22(25)23(20)18-5-3-2-4-6-18;1-2-3-4-5-6-7;1-2-3-4-5;3*1-2/h2-13,20,22,24-25H,14H2,1H3;2,7H,1,3-6H2;3-4H,2H2,1H3;2*2H,1H3;1H2/b;;4-3+;;;. The van der Waals surface area contributed by atoms with Crippen LogP contribution in [0.15, 0.2) is 97.9 Å². The Labute approximate surface area is 263 Å². The van der Waals surface area contributed by atoms with Gasteiger partial charge in [0.15, 0.2) is 0 Å². The Hall–Kier alpha value is -3.43. The fourth-order valence-corrected chi connectivity index (χ4v) is 4.19. The maximum atomic E-state index is 10.8. The van der Waals surface area contributed by atoms with Gasteiger partial charge in [-0.25, -0.2) is 4.39 Å². The van der Waals surface area contributed by atoms with E-state index in [1.54, 1.807) is 0 Å². The molecule has 0 aromatic heterocycles. The number of anilines is 1. The highest BCUT2D eigenvalue weighted by Crippen LogP contribution is 2.44. The molecule has 0 saturated carbocycles. The van der Waals surface area contributed by atoms with Crippen LogP contribution in [0, 0.1) is 6.92 Å². The van der Waals surface area contributed by atoms with Crippen LogP contribution >= 0.6 is 12.6 Å². The van der Waals surface area contributed by atoms with Crippen molar-refractivity contribution in [3.8, 4) is 16.9 Å². The first-order chi connectivity index (χ1) is 21.0. The summed E-state index contributed by atoms with van der Waals surface area (Å²) in [4.78, 5) is 9.95. The molecular weight excluding hydrogens is 565 g/mol. The van der Waals surface area contributed by atoms with Gasteiger partial charge in [0.2, 0.25) is 0 Å². The lowest BCUT2D eigenvalue weighted by Crippen LogP contribution is -2.50. The molecular formula is C35H50FNO5S. The summed E-state index contributed by atoms with van der Waals surface area (Å²) in [7, 11) is 2.00. The number of aliphatic hydroxyl groups excluding tert-OH is 3. The van der Waals surface area contributed by atoms with E-state index in [-0.39, 0.29) is 11.8 Å². The summed E-state index contributed by atoms with van der Waals surface area (Å²) in [5.41, 5.74) is 5.11. The lowest BCUT2D eigenvalue weighted by molar-refractivity contribution is -0.0980. The van der Waals surface area contributed by atoms with E-state index in [1.165, 1.54) is 24.5 Å². The van der Waals surface area contributed by atoms with Crippen molar-refractivity contribution < 1.29 is 29.6 Å². The Kier molecular flexibility index (Phi) is 26.6. The number of carbonyl (C=O) groups is 1. The Morgan fingerprint density at radius 3 is 1.98 bits per heavy atom. The zero-order valence-electron chi connectivity index (χ0n) is 25.9. The van der Waals surface area contributed by atoms with Crippen molar-refractivity contribution in [3.05, 3.63) is 109 Å². The molecule has 3 aromatic carbocycles. The van der Waals surface area contributed by atoms with Crippen molar-refractivity contribution in [2.45, 2.75) is 58.2 Å². The number of hydrogen-bond acceptors (Lipinski definition) is 7. The number of aryl methyl sites for hydroxylation is 1. The van der Waals surface area contributed by atoms with Crippen LogP contribution in [0.25, 0.3) is 11.1 Å². The molecule has 1 aliphatic rings. The number of phenolic OH excluding ortho intramolecular Hbond substituents is 1. The number of halogens is 1. The van der Waals surface area contributed by atoms with E-state index in [0.29, 0.717) is 12.8 Å². The Balaban J connectivity index is 0. The second-order valence-electron chi connectivity index (χ2n) is 8.89. The normalized spacial score (nSPS) is 14.3. The van der Waals surface area contributed by atoms with Crippen LogP contribution in [-0.4, -0.2) is 53.4 Å². The molecule has 1 aliphatic heterocycles. The third kappa shape index (κ3) is 15.6. The number of benzene rings is 3. The molecule has 238 valence electrons. The van der Waals surface area contributed by atoms with Crippen molar-refractivity contribution in [3.63, 3.8) is 0 Å². The number of hydrogen-bond donors (Lipinski definition) is 5. The third-order valence-corrected chi connectivity index (χ3v) is 6.38. The number of nitrogens with zero attached hydrogens (tertiary/aromatic N) is 1. The molecule has 1 heterocycles. The molecule has 3 aromatic rings. The maximum Gasteiger partial charge on any atom is 0.129 e. The Morgan fingerprint density at radius 2 is 1.53 bits per heavy atom. The first-order valence-corrected chi connectivity index (χ1v) is 14.7. The van der Waals surface area contributed by atoms with Crippen molar-refractivity contribution in [1.29, 1.82) is 0 Å². The minimum absolute atomic E-state index is 0.00975. The predicted octanol–water partition coefficient (Wildman–Crippen LogP) is 7.82. The first kappa shape index (κ1) is 41.7. The van der Waals surface area contributed by atoms with E-state index in [0.717, 1.165) is 55.2 Å². The van der Waals surface area contributed by atoms with Crippen LogP contribution < -0.4 is 4.90 Å². The topological polar surface area (TPSA) is 101 Å². The third-order valence-electron chi connectivity index (χ3n) is 6.06. The molecule has 0 radical (unpaired) electrons. The van der Waals surface area contributed by atoms with Crippen LogP contribution in [0.5, 0.6) is 5.75 Å². The second kappa shape index (κ2) is 27.4. The lowest BCUT2D eigenvalue weighted by atomic mass is 9.90. The summed E-state index contributed by atoms with van der Waals surface area (Å²) in [5.74, 6) is 1.28. The van der Waals surface area contributed by atoms with Gasteiger partial charge in [-0.15, -0.1) is 6.58 Å². The lowest BCUT2D eigenvalue weighted by Gasteiger charge is -2.47. The highest BCUT2D eigenvalue weighted by Gasteiger charge is 2.39. The van der Waals surface area contributed by atoms with E-state index in [9.17, 15) is 14.6 Å². The minimum atomic E-state index is -0.511. The number of rotatable bonds is 8. The number of allylic oxidation sites excluding steroid dienone is 2. The molecule has 1 fully saturated rings. The molecule has 4 rings (SSSR count). The average molecular weight is 616 g/mol. The van der Waals surface area contributed by atoms with Gasteiger partial charge in [0.25, 0.3) is 0 Å². The van der Waals surface area contributed by atoms with Gasteiger partial charge >= 0.3 is 0 Å².